The number of H-pyrrole nitrogens is 1. The second-order valence-corrected chi connectivity index (χ2v) is 4.62. The third-order valence-electron chi connectivity index (χ3n) is 3.39. The fourth-order valence-electron chi connectivity index (χ4n) is 2.13. The Bertz CT molecular complexity index is 605. The lowest BCUT2D eigenvalue weighted by Crippen LogP contribution is -2.41. The molecule has 0 spiro atoms. The zero-order valence-electron chi connectivity index (χ0n) is 10.5. The molecule has 19 heavy (non-hydrogen) atoms. The fraction of sp³-hybridized carbons (Fsp3) is 0.500. The maximum absolute atomic E-state index is 11.7. The topological polar surface area (TPSA) is 105 Å². The standard InChI is InChI=1S/C12H16N2O5/c1-3-12(6-15)8(16)4-9(19-12)14-5-7(2)10(17)13-11(14)18/h3,5,8-9,15-16H,1,4,6H2,2H3,(H,13,17,18)/t8-,9-,12-/m1/s1. The Morgan fingerprint density at radius 2 is 2.37 bits per heavy atom. The highest BCUT2D eigenvalue weighted by molar-refractivity contribution is 5.08. The lowest BCUT2D eigenvalue weighted by molar-refractivity contribution is -0.0974. The molecule has 0 bridgehead atoms. The monoisotopic (exact) mass is 268 g/mol. The SMILES string of the molecule is C=C[C@]1(CO)O[C@@H](n2cc(C)c(=O)[nH]c2=O)C[C@H]1O. The molecule has 1 aromatic rings. The Morgan fingerprint density at radius 1 is 1.68 bits per heavy atom. The summed E-state index contributed by atoms with van der Waals surface area (Å²) in [6.45, 7) is 4.65. The van der Waals surface area contributed by atoms with E-state index in [0.717, 1.165) is 0 Å². The molecule has 1 fully saturated rings. The molecule has 104 valence electrons. The molecule has 0 unspecified atom stereocenters. The summed E-state index contributed by atoms with van der Waals surface area (Å²) in [4.78, 5) is 25.2. The van der Waals surface area contributed by atoms with Crippen molar-refractivity contribution in [3.05, 3.63) is 45.3 Å². The summed E-state index contributed by atoms with van der Waals surface area (Å²) in [6.07, 6.45) is 1.08. The summed E-state index contributed by atoms with van der Waals surface area (Å²) in [5.41, 5.74) is -2.01. The highest BCUT2D eigenvalue weighted by Gasteiger charge is 2.46. The van der Waals surface area contributed by atoms with E-state index in [-0.39, 0.29) is 6.42 Å². The van der Waals surface area contributed by atoms with Gasteiger partial charge < -0.3 is 14.9 Å². The van der Waals surface area contributed by atoms with Crippen LogP contribution in [0.5, 0.6) is 0 Å². The molecule has 0 aromatic carbocycles. The summed E-state index contributed by atoms with van der Waals surface area (Å²) in [6, 6.07) is 0. The van der Waals surface area contributed by atoms with Crippen LogP contribution in [0.3, 0.4) is 0 Å². The van der Waals surface area contributed by atoms with Gasteiger partial charge in [-0.05, 0) is 6.92 Å². The summed E-state index contributed by atoms with van der Waals surface area (Å²) in [7, 11) is 0. The molecule has 1 saturated heterocycles. The second-order valence-electron chi connectivity index (χ2n) is 4.62. The van der Waals surface area contributed by atoms with Crippen LogP contribution < -0.4 is 11.2 Å². The molecular weight excluding hydrogens is 252 g/mol. The van der Waals surface area contributed by atoms with Crippen LogP contribution in [0.1, 0.15) is 18.2 Å². The first-order valence-corrected chi connectivity index (χ1v) is 5.86. The van der Waals surface area contributed by atoms with Gasteiger partial charge in [-0.3, -0.25) is 14.3 Å². The van der Waals surface area contributed by atoms with Gasteiger partial charge in [0.1, 0.15) is 11.8 Å². The Morgan fingerprint density at radius 3 is 2.89 bits per heavy atom. The van der Waals surface area contributed by atoms with Crippen LogP contribution in [0, 0.1) is 6.92 Å². The lowest BCUT2D eigenvalue weighted by atomic mass is 9.98. The van der Waals surface area contributed by atoms with E-state index >= 15 is 0 Å². The predicted octanol–water partition coefficient (Wildman–Crippen LogP) is -0.958. The number of aromatic amines is 1. The average molecular weight is 268 g/mol. The van der Waals surface area contributed by atoms with Crippen LogP contribution in [0.25, 0.3) is 0 Å². The number of ether oxygens (including phenoxy) is 1. The number of rotatable bonds is 3. The van der Waals surface area contributed by atoms with Crippen LogP contribution in [-0.2, 0) is 4.74 Å². The highest BCUT2D eigenvalue weighted by Crippen LogP contribution is 2.36. The van der Waals surface area contributed by atoms with Gasteiger partial charge >= 0.3 is 5.69 Å². The first-order valence-electron chi connectivity index (χ1n) is 5.86. The molecule has 7 heteroatoms. The van der Waals surface area contributed by atoms with Crippen LogP contribution in [0.2, 0.25) is 0 Å². The van der Waals surface area contributed by atoms with Crippen LogP contribution in [0.4, 0.5) is 0 Å². The number of aliphatic hydroxyl groups is 2. The summed E-state index contributed by atoms with van der Waals surface area (Å²) in [5, 5.41) is 19.3. The van der Waals surface area contributed by atoms with Gasteiger partial charge in [0.05, 0.1) is 12.7 Å². The van der Waals surface area contributed by atoms with E-state index < -0.39 is 35.8 Å². The van der Waals surface area contributed by atoms with Gasteiger partial charge in [-0.2, -0.15) is 0 Å². The molecule has 0 aliphatic carbocycles. The van der Waals surface area contributed by atoms with Crippen molar-refractivity contribution in [1.29, 1.82) is 0 Å². The summed E-state index contributed by atoms with van der Waals surface area (Å²) >= 11 is 0. The van der Waals surface area contributed by atoms with Gasteiger partial charge in [-0.25, -0.2) is 4.79 Å². The van der Waals surface area contributed by atoms with Gasteiger partial charge in [-0.1, -0.05) is 6.08 Å². The van der Waals surface area contributed by atoms with Crippen LogP contribution in [0.15, 0.2) is 28.4 Å². The largest absolute Gasteiger partial charge is 0.393 e. The lowest BCUT2D eigenvalue weighted by Gasteiger charge is -2.26. The van der Waals surface area contributed by atoms with Gasteiger partial charge in [0, 0.05) is 18.2 Å². The molecule has 0 radical (unpaired) electrons. The van der Waals surface area contributed by atoms with Crippen molar-refractivity contribution in [1.82, 2.24) is 9.55 Å². The molecule has 0 amide bonds. The molecule has 2 rings (SSSR count). The third kappa shape index (κ3) is 2.16. The molecule has 1 aromatic heterocycles. The number of aliphatic hydroxyl groups excluding tert-OH is 2. The van der Waals surface area contributed by atoms with Gasteiger partial charge in [-0.15, -0.1) is 6.58 Å². The van der Waals surface area contributed by atoms with Gasteiger partial charge in [0.2, 0.25) is 0 Å². The molecule has 1 aliphatic rings. The number of aryl methyl sites for hydroxylation is 1. The van der Waals surface area contributed by atoms with Crippen molar-refractivity contribution < 1.29 is 14.9 Å². The van der Waals surface area contributed by atoms with E-state index in [4.69, 9.17) is 4.74 Å². The van der Waals surface area contributed by atoms with E-state index in [1.807, 2.05) is 0 Å². The number of hydrogen-bond donors (Lipinski definition) is 3. The molecule has 2 heterocycles. The van der Waals surface area contributed by atoms with Crippen molar-refractivity contribution >= 4 is 0 Å². The predicted molar refractivity (Wildman–Crippen MR) is 66.8 cm³/mol. The Labute approximate surface area is 108 Å². The molecule has 0 saturated carbocycles. The number of hydrogen-bond acceptors (Lipinski definition) is 5. The minimum Gasteiger partial charge on any atom is -0.393 e. The van der Waals surface area contributed by atoms with E-state index in [1.54, 1.807) is 6.92 Å². The molecule has 7 nitrogen and oxygen atoms in total. The van der Waals surface area contributed by atoms with E-state index in [0.29, 0.717) is 5.56 Å². The normalized spacial score (nSPS) is 30.5. The van der Waals surface area contributed by atoms with Crippen molar-refractivity contribution in [3.63, 3.8) is 0 Å². The van der Waals surface area contributed by atoms with Crippen molar-refractivity contribution in [2.45, 2.75) is 31.3 Å². The first-order chi connectivity index (χ1) is 8.93. The Hall–Kier alpha value is -1.70. The maximum Gasteiger partial charge on any atom is 0.330 e. The number of nitrogens with zero attached hydrogens (tertiary/aromatic N) is 1. The summed E-state index contributed by atoms with van der Waals surface area (Å²) < 4.78 is 6.74. The minimum atomic E-state index is -1.28. The van der Waals surface area contributed by atoms with Crippen molar-refractivity contribution in [2.75, 3.05) is 6.61 Å². The minimum absolute atomic E-state index is 0.123. The molecule has 3 atom stereocenters. The smallest absolute Gasteiger partial charge is 0.330 e. The summed E-state index contributed by atoms with van der Waals surface area (Å²) in [5.74, 6) is 0. The number of aromatic nitrogens is 2. The van der Waals surface area contributed by atoms with Crippen LogP contribution in [-0.4, -0.2) is 38.1 Å². The van der Waals surface area contributed by atoms with Gasteiger partial charge in [0.15, 0.2) is 0 Å². The van der Waals surface area contributed by atoms with Crippen LogP contribution >= 0.6 is 0 Å². The molecular formula is C12H16N2O5. The molecule has 3 N–H and O–H groups in total. The Balaban J connectivity index is 2.41. The maximum atomic E-state index is 11.7. The van der Waals surface area contributed by atoms with E-state index in [2.05, 4.69) is 11.6 Å². The van der Waals surface area contributed by atoms with E-state index in [1.165, 1.54) is 16.8 Å². The zero-order chi connectivity index (χ0) is 14.2. The van der Waals surface area contributed by atoms with Gasteiger partial charge in [0.25, 0.3) is 5.56 Å². The van der Waals surface area contributed by atoms with Crippen molar-refractivity contribution in [2.24, 2.45) is 0 Å². The quantitative estimate of drug-likeness (QED) is 0.613. The third-order valence-corrected chi connectivity index (χ3v) is 3.39. The van der Waals surface area contributed by atoms with E-state index in [9.17, 15) is 19.8 Å². The Kier molecular flexibility index (Phi) is 3.44. The highest BCUT2D eigenvalue weighted by atomic mass is 16.6. The fourth-order valence-corrected chi connectivity index (χ4v) is 2.13. The number of nitrogens with one attached hydrogen (secondary N) is 1. The average Bonchev–Trinajstić information content (AvgIpc) is 2.71. The first kappa shape index (κ1) is 13.7. The van der Waals surface area contributed by atoms with Crippen molar-refractivity contribution in [3.8, 4) is 0 Å². The molecule has 1 aliphatic heterocycles. The zero-order valence-corrected chi connectivity index (χ0v) is 10.5. The second kappa shape index (κ2) is 4.76.